The van der Waals surface area contributed by atoms with Crippen LogP contribution in [-0.2, 0) is 5.75 Å². The average Bonchev–Trinajstić information content (AvgIpc) is 3.16. The van der Waals surface area contributed by atoms with Crippen LogP contribution in [-0.4, -0.2) is 29.7 Å². The van der Waals surface area contributed by atoms with E-state index in [-0.39, 0.29) is 11.8 Å². The minimum Gasteiger partial charge on any atom is -0.368 e. The van der Waals surface area contributed by atoms with E-state index < -0.39 is 0 Å². The molecule has 0 fully saturated rings. The van der Waals surface area contributed by atoms with Gasteiger partial charge in [0.1, 0.15) is 18.0 Å². The van der Waals surface area contributed by atoms with E-state index in [1.54, 1.807) is 18.5 Å². The fourth-order valence-corrected chi connectivity index (χ4v) is 3.69. The highest BCUT2D eigenvalue weighted by molar-refractivity contribution is 7.98. The third-order valence-electron chi connectivity index (χ3n) is 4.26. The minimum absolute atomic E-state index is 0.0982. The van der Waals surface area contributed by atoms with Crippen LogP contribution in [0.3, 0.4) is 0 Å². The summed E-state index contributed by atoms with van der Waals surface area (Å²) in [7, 11) is 0. The summed E-state index contributed by atoms with van der Waals surface area (Å²) in [6, 6.07) is 12.1. The normalized spacial score (nSPS) is 10.9. The highest BCUT2D eigenvalue weighted by atomic mass is 32.2. The standard InChI is InChI=1S/C20H19FN8S/c1-12-3-8-16(13(2)9-12)29-11-23-28-20(29)30-10-17-25-18(22)27-19(26-17)24-15-6-4-14(21)5-7-15/h3-9,11H,10H2,1-2H3,(H3,22,24,25,26,27). The van der Waals surface area contributed by atoms with E-state index in [1.165, 1.54) is 29.5 Å². The number of benzene rings is 2. The van der Waals surface area contributed by atoms with E-state index in [0.717, 1.165) is 11.3 Å². The van der Waals surface area contributed by atoms with E-state index in [1.807, 2.05) is 10.6 Å². The molecule has 30 heavy (non-hydrogen) atoms. The van der Waals surface area contributed by atoms with Crippen LogP contribution in [0.1, 0.15) is 17.0 Å². The Bertz CT molecular complexity index is 1180. The molecule has 0 unspecified atom stereocenters. The number of rotatable bonds is 6. The molecule has 2 aromatic carbocycles. The Labute approximate surface area is 176 Å². The van der Waals surface area contributed by atoms with Crippen molar-refractivity contribution in [1.29, 1.82) is 0 Å². The summed E-state index contributed by atoms with van der Waals surface area (Å²) in [6.07, 6.45) is 1.68. The van der Waals surface area contributed by atoms with Crippen molar-refractivity contribution in [3.63, 3.8) is 0 Å². The fraction of sp³-hybridized carbons (Fsp3) is 0.150. The van der Waals surface area contributed by atoms with Crippen LogP contribution >= 0.6 is 11.8 Å². The molecule has 3 N–H and O–H groups in total. The molecule has 0 aliphatic heterocycles. The maximum absolute atomic E-state index is 13.1. The Morgan fingerprint density at radius 1 is 1.07 bits per heavy atom. The quantitative estimate of drug-likeness (QED) is 0.452. The summed E-state index contributed by atoms with van der Waals surface area (Å²) in [5.74, 6) is 0.989. The van der Waals surface area contributed by atoms with Crippen molar-refractivity contribution < 1.29 is 4.39 Å². The predicted molar refractivity (Wildman–Crippen MR) is 114 cm³/mol. The monoisotopic (exact) mass is 422 g/mol. The molecule has 0 aliphatic carbocycles. The summed E-state index contributed by atoms with van der Waals surface area (Å²) in [5, 5.41) is 12.0. The number of nitrogens with zero attached hydrogens (tertiary/aromatic N) is 6. The number of anilines is 3. The first-order valence-electron chi connectivity index (χ1n) is 9.11. The first kappa shape index (κ1) is 19.8. The molecule has 0 atom stereocenters. The first-order chi connectivity index (χ1) is 14.5. The van der Waals surface area contributed by atoms with Crippen molar-refractivity contribution >= 4 is 29.3 Å². The second-order valence-electron chi connectivity index (χ2n) is 6.63. The second-order valence-corrected chi connectivity index (χ2v) is 7.57. The lowest BCUT2D eigenvalue weighted by Gasteiger charge is -2.10. The zero-order chi connectivity index (χ0) is 21.1. The van der Waals surface area contributed by atoms with Crippen molar-refractivity contribution in [3.05, 3.63) is 71.6 Å². The number of aromatic nitrogens is 6. The van der Waals surface area contributed by atoms with Crippen LogP contribution in [0.2, 0.25) is 0 Å². The van der Waals surface area contributed by atoms with Crippen LogP contribution in [0.25, 0.3) is 5.69 Å². The van der Waals surface area contributed by atoms with Crippen LogP contribution in [0, 0.1) is 19.7 Å². The number of hydrogen-bond donors (Lipinski definition) is 2. The molecular weight excluding hydrogens is 403 g/mol. The van der Waals surface area contributed by atoms with E-state index >= 15 is 0 Å². The maximum atomic E-state index is 13.1. The molecule has 152 valence electrons. The molecule has 0 saturated carbocycles. The number of nitrogens with two attached hydrogens (primary N) is 1. The fourth-order valence-electron chi connectivity index (χ4n) is 2.91. The van der Waals surface area contributed by atoms with Gasteiger partial charge in [0.25, 0.3) is 0 Å². The van der Waals surface area contributed by atoms with Gasteiger partial charge in [0.2, 0.25) is 11.9 Å². The Balaban J connectivity index is 1.51. The van der Waals surface area contributed by atoms with Gasteiger partial charge in [-0.25, -0.2) is 4.39 Å². The lowest BCUT2D eigenvalue weighted by atomic mass is 10.1. The molecule has 4 rings (SSSR count). The largest absolute Gasteiger partial charge is 0.368 e. The third kappa shape index (κ3) is 4.54. The summed E-state index contributed by atoms with van der Waals surface area (Å²) in [5.41, 5.74) is 9.83. The van der Waals surface area contributed by atoms with Gasteiger partial charge in [0, 0.05) is 5.69 Å². The second kappa shape index (κ2) is 8.46. The maximum Gasteiger partial charge on any atom is 0.232 e. The molecule has 2 heterocycles. The molecule has 0 radical (unpaired) electrons. The summed E-state index contributed by atoms with van der Waals surface area (Å²) < 4.78 is 15.0. The lowest BCUT2D eigenvalue weighted by molar-refractivity contribution is 0.628. The topological polar surface area (TPSA) is 107 Å². The van der Waals surface area contributed by atoms with Gasteiger partial charge in [0.05, 0.1) is 11.4 Å². The smallest absolute Gasteiger partial charge is 0.232 e. The Morgan fingerprint density at radius 2 is 1.87 bits per heavy atom. The van der Waals surface area contributed by atoms with Gasteiger partial charge in [-0.05, 0) is 49.7 Å². The van der Waals surface area contributed by atoms with Crippen molar-refractivity contribution in [2.75, 3.05) is 11.1 Å². The van der Waals surface area contributed by atoms with Gasteiger partial charge in [-0.15, -0.1) is 10.2 Å². The molecule has 0 saturated heterocycles. The van der Waals surface area contributed by atoms with Gasteiger partial charge in [-0.1, -0.05) is 29.5 Å². The van der Waals surface area contributed by atoms with Crippen molar-refractivity contribution in [1.82, 2.24) is 29.7 Å². The van der Waals surface area contributed by atoms with Crippen LogP contribution < -0.4 is 11.1 Å². The number of hydrogen-bond acceptors (Lipinski definition) is 8. The zero-order valence-corrected chi connectivity index (χ0v) is 17.2. The van der Waals surface area contributed by atoms with Crippen LogP contribution in [0.5, 0.6) is 0 Å². The molecule has 0 aliphatic rings. The number of nitrogen functional groups attached to an aromatic ring is 1. The summed E-state index contributed by atoms with van der Waals surface area (Å²) in [6.45, 7) is 4.11. The van der Waals surface area contributed by atoms with Gasteiger partial charge < -0.3 is 11.1 Å². The van der Waals surface area contributed by atoms with Crippen LogP contribution in [0.4, 0.5) is 22.0 Å². The number of aryl methyl sites for hydroxylation is 2. The van der Waals surface area contributed by atoms with E-state index in [0.29, 0.717) is 28.4 Å². The number of nitrogens with one attached hydrogen (secondary N) is 1. The van der Waals surface area contributed by atoms with E-state index in [4.69, 9.17) is 5.73 Å². The minimum atomic E-state index is -0.319. The molecule has 2 aromatic heterocycles. The zero-order valence-electron chi connectivity index (χ0n) is 16.4. The first-order valence-corrected chi connectivity index (χ1v) is 10.1. The van der Waals surface area contributed by atoms with Gasteiger partial charge in [-0.3, -0.25) is 4.57 Å². The van der Waals surface area contributed by atoms with E-state index in [9.17, 15) is 4.39 Å². The van der Waals surface area contributed by atoms with E-state index in [2.05, 4.69) is 56.4 Å². The third-order valence-corrected chi connectivity index (χ3v) is 5.20. The summed E-state index contributed by atoms with van der Waals surface area (Å²) in [4.78, 5) is 12.7. The Morgan fingerprint density at radius 3 is 2.63 bits per heavy atom. The summed E-state index contributed by atoms with van der Waals surface area (Å²) >= 11 is 1.44. The highest BCUT2D eigenvalue weighted by Crippen LogP contribution is 2.25. The Hall–Kier alpha value is -3.53. The van der Waals surface area contributed by atoms with Crippen LogP contribution in [0.15, 0.2) is 53.9 Å². The molecule has 10 heteroatoms. The molecule has 0 spiro atoms. The molecule has 8 nitrogen and oxygen atoms in total. The highest BCUT2D eigenvalue weighted by Gasteiger charge is 2.12. The average molecular weight is 422 g/mol. The lowest BCUT2D eigenvalue weighted by Crippen LogP contribution is -2.07. The van der Waals surface area contributed by atoms with Gasteiger partial charge in [-0.2, -0.15) is 15.0 Å². The molecular formula is C20H19FN8S. The van der Waals surface area contributed by atoms with Crippen molar-refractivity contribution in [3.8, 4) is 5.69 Å². The van der Waals surface area contributed by atoms with Crippen molar-refractivity contribution in [2.24, 2.45) is 0 Å². The van der Waals surface area contributed by atoms with Crippen molar-refractivity contribution in [2.45, 2.75) is 24.8 Å². The molecule has 0 bridgehead atoms. The predicted octanol–water partition coefficient (Wildman–Crippen LogP) is 3.83. The Kier molecular flexibility index (Phi) is 5.57. The SMILES string of the molecule is Cc1ccc(-n2cnnc2SCc2nc(N)nc(Nc3ccc(F)cc3)n2)c(C)c1. The molecule has 4 aromatic rings. The number of thioether (sulfide) groups is 1. The molecule has 0 amide bonds. The van der Waals surface area contributed by atoms with Gasteiger partial charge >= 0.3 is 0 Å². The van der Waals surface area contributed by atoms with Gasteiger partial charge in [0.15, 0.2) is 5.16 Å². The number of halogens is 1.